The van der Waals surface area contributed by atoms with Crippen LogP contribution in [0.2, 0.25) is 0 Å². The van der Waals surface area contributed by atoms with Crippen LogP contribution in [0, 0.1) is 0 Å². The number of phenols is 1. The molecule has 2 aromatic carbocycles. The van der Waals surface area contributed by atoms with Crippen molar-refractivity contribution in [2.24, 2.45) is 0 Å². The van der Waals surface area contributed by atoms with Crippen LogP contribution >= 0.6 is 0 Å². The molecule has 0 fully saturated rings. The van der Waals surface area contributed by atoms with E-state index in [1.165, 1.54) is 38.5 Å². The molecule has 0 aromatic heterocycles. The molecule has 0 spiro atoms. The number of rotatable bonds is 10. The normalized spacial score (nSPS) is 10.9. The minimum absolute atomic E-state index is 0.119. The third-order valence-electron chi connectivity index (χ3n) is 4.78. The summed E-state index contributed by atoms with van der Waals surface area (Å²) in [5, 5.41) is 31.6. The smallest absolute Gasteiger partial charge is 0.278 e. The largest absolute Gasteiger partial charge is 0.507 e. The Morgan fingerprint density at radius 2 is 1.44 bits per heavy atom. The van der Waals surface area contributed by atoms with Gasteiger partial charge >= 0.3 is 0 Å². The summed E-state index contributed by atoms with van der Waals surface area (Å²) in [4.78, 5) is 0. The predicted octanol–water partition coefficient (Wildman–Crippen LogP) is 6.86. The highest BCUT2D eigenvalue weighted by atomic mass is 16.5. The second-order valence-corrected chi connectivity index (χ2v) is 6.71. The molecule has 3 nitrogen and oxygen atoms in total. The third-order valence-corrected chi connectivity index (χ3v) is 4.78. The molecule has 2 aromatic rings. The molecule has 136 valence electrons. The Morgan fingerprint density at radius 3 is 2.12 bits per heavy atom. The van der Waals surface area contributed by atoms with Gasteiger partial charge in [0.2, 0.25) is 0 Å². The number of aliphatic hydroxyl groups is 2. The Labute approximate surface area is 150 Å². The molecular formula is C22H30O3. The monoisotopic (exact) mass is 342 g/mol. The number of hydrogen-bond donors (Lipinski definition) is 3. The standard InChI is InChI=1S/C22H30O3/c1-2-3-4-5-6-7-8-9-14-20(22(24)25)19-16-15-17-12-10-11-13-18(17)21(19)23/h10-13,15-16,23-25H,2-9,14H2,1H3. The van der Waals surface area contributed by atoms with Crippen LogP contribution in [0.5, 0.6) is 5.75 Å². The van der Waals surface area contributed by atoms with Gasteiger partial charge in [-0.15, -0.1) is 0 Å². The van der Waals surface area contributed by atoms with Crippen LogP contribution in [-0.4, -0.2) is 15.3 Å². The second kappa shape index (κ2) is 9.97. The zero-order valence-electron chi connectivity index (χ0n) is 15.2. The number of unbranched alkanes of at least 4 members (excludes halogenated alkanes) is 7. The first-order valence-corrected chi connectivity index (χ1v) is 9.47. The van der Waals surface area contributed by atoms with Crippen LogP contribution in [-0.2, 0) is 0 Å². The van der Waals surface area contributed by atoms with Crippen molar-refractivity contribution in [3.63, 3.8) is 0 Å². The van der Waals surface area contributed by atoms with Crippen molar-refractivity contribution in [1.82, 2.24) is 0 Å². The van der Waals surface area contributed by atoms with Crippen LogP contribution in [0.4, 0.5) is 0 Å². The minimum Gasteiger partial charge on any atom is -0.507 e. The highest BCUT2D eigenvalue weighted by Crippen LogP contribution is 2.36. The molecule has 2 rings (SSSR count). The number of allylic oxidation sites excluding steroid dienone is 1. The van der Waals surface area contributed by atoms with E-state index in [9.17, 15) is 15.3 Å². The number of hydrogen-bond acceptors (Lipinski definition) is 3. The van der Waals surface area contributed by atoms with Gasteiger partial charge < -0.3 is 15.3 Å². The summed E-state index contributed by atoms with van der Waals surface area (Å²) in [6.07, 6.45) is 10.1. The zero-order valence-corrected chi connectivity index (χ0v) is 15.2. The molecule has 25 heavy (non-hydrogen) atoms. The molecule has 0 aliphatic carbocycles. The first kappa shape index (κ1) is 19.2. The van der Waals surface area contributed by atoms with Gasteiger partial charge in [0.1, 0.15) is 5.75 Å². The van der Waals surface area contributed by atoms with E-state index < -0.39 is 5.95 Å². The topological polar surface area (TPSA) is 60.7 Å². The van der Waals surface area contributed by atoms with Crippen molar-refractivity contribution >= 4 is 16.3 Å². The van der Waals surface area contributed by atoms with E-state index in [0.717, 1.165) is 23.6 Å². The number of aromatic hydroxyl groups is 1. The van der Waals surface area contributed by atoms with Gasteiger partial charge in [0.25, 0.3) is 5.95 Å². The molecule has 3 heteroatoms. The van der Waals surface area contributed by atoms with Crippen molar-refractivity contribution in [1.29, 1.82) is 0 Å². The molecule has 0 heterocycles. The fraction of sp³-hybridized carbons (Fsp3) is 0.455. The molecule has 0 saturated heterocycles. The van der Waals surface area contributed by atoms with E-state index in [2.05, 4.69) is 6.92 Å². The van der Waals surface area contributed by atoms with Crippen LogP contribution in [0.15, 0.2) is 42.3 Å². The first-order chi connectivity index (χ1) is 12.1. The summed E-state index contributed by atoms with van der Waals surface area (Å²) in [5.74, 6) is -0.568. The molecule has 0 amide bonds. The average Bonchev–Trinajstić information content (AvgIpc) is 2.61. The molecule has 0 aliphatic heterocycles. The summed E-state index contributed by atoms with van der Waals surface area (Å²) in [7, 11) is 0. The lowest BCUT2D eigenvalue weighted by molar-refractivity contribution is 0.193. The zero-order chi connectivity index (χ0) is 18.1. The highest BCUT2D eigenvalue weighted by Gasteiger charge is 2.14. The van der Waals surface area contributed by atoms with E-state index in [1.807, 2.05) is 30.3 Å². The maximum atomic E-state index is 10.5. The lowest BCUT2D eigenvalue weighted by Crippen LogP contribution is -1.94. The fourth-order valence-electron chi connectivity index (χ4n) is 3.30. The lowest BCUT2D eigenvalue weighted by atomic mass is 9.96. The second-order valence-electron chi connectivity index (χ2n) is 6.71. The summed E-state index contributed by atoms with van der Waals surface area (Å²) < 4.78 is 0. The Kier molecular flexibility index (Phi) is 7.65. The van der Waals surface area contributed by atoms with Gasteiger partial charge in [-0.25, -0.2) is 0 Å². The highest BCUT2D eigenvalue weighted by molar-refractivity contribution is 5.93. The first-order valence-electron chi connectivity index (χ1n) is 9.47. The number of fused-ring (bicyclic) bond motifs is 1. The van der Waals surface area contributed by atoms with Gasteiger partial charge in [0.15, 0.2) is 0 Å². The maximum absolute atomic E-state index is 10.5. The average molecular weight is 342 g/mol. The summed E-state index contributed by atoms with van der Waals surface area (Å²) in [5.41, 5.74) is 0.941. The van der Waals surface area contributed by atoms with Gasteiger partial charge in [-0.2, -0.15) is 0 Å². The van der Waals surface area contributed by atoms with Gasteiger partial charge in [0.05, 0.1) is 0 Å². The molecule has 0 radical (unpaired) electrons. The molecule has 0 aliphatic rings. The van der Waals surface area contributed by atoms with Gasteiger partial charge in [0, 0.05) is 16.5 Å². The van der Waals surface area contributed by atoms with Crippen molar-refractivity contribution in [2.75, 3.05) is 0 Å². The van der Waals surface area contributed by atoms with E-state index in [0.29, 0.717) is 17.6 Å². The molecule has 0 saturated carbocycles. The summed E-state index contributed by atoms with van der Waals surface area (Å²) in [6, 6.07) is 11.2. The molecule has 0 atom stereocenters. The van der Waals surface area contributed by atoms with Crippen molar-refractivity contribution in [3.8, 4) is 5.75 Å². The van der Waals surface area contributed by atoms with Gasteiger partial charge in [-0.05, 0) is 18.2 Å². The number of aliphatic hydroxyl groups excluding tert-OH is 1. The Hall–Kier alpha value is -2.16. The summed E-state index contributed by atoms with van der Waals surface area (Å²) >= 11 is 0. The third kappa shape index (κ3) is 5.42. The van der Waals surface area contributed by atoms with Crippen LogP contribution in [0.25, 0.3) is 16.3 Å². The summed E-state index contributed by atoms with van der Waals surface area (Å²) in [6.45, 7) is 2.22. The SMILES string of the molecule is CCCCCCCCCCC(=C(O)O)c1ccc2ccccc2c1O. The van der Waals surface area contributed by atoms with Crippen LogP contribution in [0.1, 0.15) is 70.3 Å². The number of benzene rings is 2. The minimum atomic E-state index is -0.687. The van der Waals surface area contributed by atoms with Gasteiger partial charge in [-0.3, -0.25) is 0 Å². The van der Waals surface area contributed by atoms with Crippen molar-refractivity contribution in [2.45, 2.75) is 64.7 Å². The van der Waals surface area contributed by atoms with E-state index >= 15 is 0 Å². The Bertz CT molecular complexity index is 699. The fourth-order valence-corrected chi connectivity index (χ4v) is 3.30. The van der Waals surface area contributed by atoms with Gasteiger partial charge in [-0.1, -0.05) is 88.3 Å². The Morgan fingerprint density at radius 1 is 0.800 bits per heavy atom. The molecule has 0 bridgehead atoms. The van der Waals surface area contributed by atoms with E-state index in [1.54, 1.807) is 6.07 Å². The van der Waals surface area contributed by atoms with Crippen LogP contribution < -0.4 is 0 Å². The lowest BCUT2D eigenvalue weighted by Gasteiger charge is -2.12. The van der Waals surface area contributed by atoms with Crippen molar-refractivity contribution < 1.29 is 15.3 Å². The maximum Gasteiger partial charge on any atom is 0.278 e. The van der Waals surface area contributed by atoms with Crippen molar-refractivity contribution in [3.05, 3.63) is 47.9 Å². The molecular weight excluding hydrogens is 312 g/mol. The number of phenolic OH excluding ortho intramolecular Hbond substituents is 1. The predicted molar refractivity (Wildman–Crippen MR) is 105 cm³/mol. The molecule has 0 unspecified atom stereocenters. The quantitative estimate of drug-likeness (QED) is 0.326. The van der Waals surface area contributed by atoms with E-state index in [4.69, 9.17) is 0 Å². The van der Waals surface area contributed by atoms with Crippen LogP contribution in [0.3, 0.4) is 0 Å². The molecule has 3 N–H and O–H groups in total. The van der Waals surface area contributed by atoms with E-state index in [-0.39, 0.29) is 5.75 Å². The Balaban J connectivity index is 1.96.